The number of benzene rings is 2. The van der Waals surface area contributed by atoms with Crippen molar-refractivity contribution in [2.45, 2.75) is 13.0 Å². The molecule has 0 aliphatic heterocycles. The highest BCUT2D eigenvalue weighted by atomic mass is 32.1. The molecular weight excluding hydrogens is 374 g/mol. The second-order valence-corrected chi connectivity index (χ2v) is 6.87. The SMILES string of the molecule is NC(=C(C=Nc1nc(C(=O)O)cs1)Cc1ccc(CO)cc1)c1ccccc1. The van der Waals surface area contributed by atoms with Crippen molar-refractivity contribution >= 4 is 34.3 Å². The Morgan fingerprint density at radius 3 is 2.39 bits per heavy atom. The maximum absolute atomic E-state index is 11.0. The third-order valence-electron chi connectivity index (χ3n) is 4.07. The molecule has 0 saturated heterocycles. The van der Waals surface area contributed by atoms with E-state index in [1.165, 1.54) is 5.38 Å². The van der Waals surface area contributed by atoms with Gasteiger partial charge in [0, 0.05) is 23.7 Å². The number of aromatic carboxylic acids is 1. The maximum atomic E-state index is 11.0. The molecular formula is C21H19N3O3S. The third-order valence-corrected chi connectivity index (χ3v) is 4.82. The van der Waals surface area contributed by atoms with E-state index in [9.17, 15) is 9.90 Å². The Kier molecular flexibility index (Phi) is 6.31. The quantitative estimate of drug-likeness (QED) is 0.531. The molecule has 0 aliphatic rings. The molecule has 3 aromatic rings. The predicted molar refractivity (Wildman–Crippen MR) is 111 cm³/mol. The standard InChI is InChI=1S/C21H19N3O3S/c22-19(16-4-2-1-3-5-16)17(10-14-6-8-15(12-25)9-7-14)11-23-21-24-18(13-28-21)20(26)27/h1-9,11,13,25H,10,12,22H2,(H,26,27). The summed E-state index contributed by atoms with van der Waals surface area (Å²) in [6.07, 6.45) is 2.17. The van der Waals surface area contributed by atoms with Gasteiger partial charge in [-0.3, -0.25) is 0 Å². The minimum Gasteiger partial charge on any atom is -0.476 e. The van der Waals surface area contributed by atoms with E-state index in [0.717, 1.165) is 33.6 Å². The molecule has 0 atom stereocenters. The van der Waals surface area contributed by atoms with Gasteiger partial charge in [0.25, 0.3) is 0 Å². The number of carboxylic acids is 1. The molecule has 0 saturated carbocycles. The predicted octanol–water partition coefficient (Wildman–Crippen LogP) is 3.65. The lowest BCUT2D eigenvalue weighted by molar-refractivity contribution is 0.0691. The van der Waals surface area contributed by atoms with Gasteiger partial charge in [-0.15, -0.1) is 11.3 Å². The Balaban J connectivity index is 1.93. The topological polar surface area (TPSA) is 109 Å². The summed E-state index contributed by atoms with van der Waals surface area (Å²) in [5.41, 5.74) is 10.5. The van der Waals surface area contributed by atoms with Crippen LogP contribution in [-0.2, 0) is 13.0 Å². The molecule has 142 valence electrons. The van der Waals surface area contributed by atoms with E-state index in [1.807, 2.05) is 54.6 Å². The molecule has 7 heteroatoms. The van der Waals surface area contributed by atoms with Crippen molar-refractivity contribution in [3.8, 4) is 0 Å². The first-order valence-electron chi connectivity index (χ1n) is 8.52. The van der Waals surface area contributed by atoms with E-state index in [2.05, 4.69) is 9.98 Å². The first kappa shape index (κ1) is 19.5. The average Bonchev–Trinajstić information content (AvgIpc) is 3.21. The Bertz CT molecular complexity index is 1010. The van der Waals surface area contributed by atoms with Gasteiger partial charge in [0.05, 0.1) is 6.61 Å². The van der Waals surface area contributed by atoms with Crippen LogP contribution in [0.15, 0.2) is 70.5 Å². The van der Waals surface area contributed by atoms with E-state index in [0.29, 0.717) is 17.2 Å². The van der Waals surface area contributed by atoms with Crippen molar-refractivity contribution in [2.75, 3.05) is 0 Å². The van der Waals surface area contributed by atoms with E-state index in [1.54, 1.807) is 6.21 Å². The summed E-state index contributed by atoms with van der Waals surface area (Å²) in [5.74, 6) is -1.08. The summed E-state index contributed by atoms with van der Waals surface area (Å²) in [5, 5.41) is 20.0. The molecule has 3 rings (SSSR count). The molecule has 1 aromatic heterocycles. The number of carboxylic acid groups (broad SMARTS) is 1. The number of aliphatic imine (C=N–C) groups is 1. The first-order valence-corrected chi connectivity index (χ1v) is 9.40. The van der Waals surface area contributed by atoms with Crippen LogP contribution in [-0.4, -0.2) is 27.4 Å². The van der Waals surface area contributed by atoms with Gasteiger partial charge in [-0.05, 0) is 22.3 Å². The number of aliphatic hydroxyl groups excluding tert-OH is 1. The summed E-state index contributed by atoms with van der Waals surface area (Å²) in [6.45, 7) is -0.00739. The molecule has 1 heterocycles. The summed E-state index contributed by atoms with van der Waals surface area (Å²) in [7, 11) is 0. The fourth-order valence-electron chi connectivity index (χ4n) is 2.55. The minimum atomic E-state index is -1.08. The number of nitrogens with zero attached hydrogens (tertiary/aromatic N) is 2. The molecule has 0 bridgehead atoms. The van der Waals surface area contributed by atoms with Crippen LogP contribution < -0.4 is 5.73 Å². The molecule has 0 unspecified atom stereocenters. The molecule has 0 radical (unpaired) electrons. The van der Waals surface area contributed by atoms with Crippen LogP contribution in [0.1, 0.15) is 27.2 Å². The zero-order valence-electron chi connectivity index (χ0n) is 14.9. The summed E-state index contributed by atoms with van der Waals surface area (Å²) in [4.78, 5) is 19.3. The van der Waals surface area contributed by atoms with E-state index >= 15 is 0 Å². The van der Waals surface area contributed by atoms with E-state index in [-0.39, 0.29) is 12.3 Å². The number of hydrogen-bond acceptors (Lipinski definition) is 6. The number of nitrogens with two attached hydrogens (primary N) is 1. The van der Waals surface area contributed by atoms with Crippen molar-refractivity contribution in [2.24, 2.45) is 10.7 Å². The van der Waals surface area contributed by atoms with Gasteiger partial charge in [-0.1, -0.05) is 54.6 Å². The molecule has 0 aliphatic carbocycles. The fourth-order valence-corrected chi connectivity index (χ4v) is 3.19. The fraction of sp³-hybridized carbons (Fsp3) is 0.0952. The highest BCUT2D eigenvalue weighted by Gasteiger charge is 2.09. The van der Waals surface area contributed by atoms with Crippen molar-refractivity contribution in [3.63, 3.8) is 0 Å². The molecule has 0 spiro atoms. The van der Waals surface area contributed by atoms with Crippen molar-refractivity contribution in [1.29, 1.82) is 0 Å². The Hall–Kier alpha value is -3.29. The smallest absolute Gasteiger partial charge is 0.355 e. The maximum Gasteiger partial charge on any atom is 0.355 e. The van der Waals surface area contributed by atoms with Gasteiger partial charge < -0.3 is 15.9 Å². The Labute approximate surface area is 166 Å². The van der Waals surface area contributed by atoms with Crippen LogP contribution in [0.2, 0.25) is 0 Å². The number of hydrogen-bond donors (Lipinski definition) is 3. The minimum absolute atomic E-state index is 0.00739. The van der Waals surface area contributed by atoms with E-state index < -0.39 is 5.97 Å². The number of thiazole rings is 1. The van der Waals surface area contributed by atoms with Crippen LogP contribution in [0.4, 0.5) is 5.13 Å². The number of aliphatic hydroxyl groups is 1. The van der Waals surface area contributed by atoms with Crippen molar-refractivity contribution < 1.29 is 15.0 Å². The van der Waals surface area contributed by atoms with Gasteiger partial charge >= 0.3 is 5.97 Å². The zero-order valence-corrected chi connectivity index (χ0v) is 15.8. The van der Waals surface area contributed by atoms with E-state index in [4.69, 9.17) is 10.8 Å². The normalized spacial score (nSPS) is 12.2. The van der Waals surface area contributed by atoms with Crippen molar-refractivity contribution in [1.82, 2.24) is 4.98 Å². The number of rotatable bonds is 7. The zero-order chi connectivity index (χ0) is 19.9. The molecule has 4 N–H and O–H groups in total. The highest BCUT2D eigenvalue weighted by Crippen LogP contribution is 2.21. The molecule has 0 amide bonds. The van der Waals surface area contributed by atoms with Crippen LogP contribution in [0.25, 0.3) is 5.70 Å². The van der Waals surface area contributed by atoms with Gasteiger partial charge in [-0.25, -0.2) is 14.8 Å². The molecule has 28 heavy (non-hydrogen) atoms. The summed E-state index contributed by atoms with van der Waals surface area (Å²) < 4.78 is 0. The van der Waals surface area contributed by atoms with Crippen LogP contribution in [0.5, 0.6) is 0 Å². The number of carbonyl (C=O) groups is 1. The first-order chi connectivity index (χ1) is 13.6. The monoisotopic (exact) mass is 393 g/mol. The summed E-state index contributed by atoms with van der Waals surface area (Å²) in [6, 6.07) is 17.2. The van der Waals surface area contributed by atoms with Gasteiger partial charge in [0.1, 0.15) is 0 Å². The van der Waals surface area contributed by atoms with Crippen LogP contribution in [0, 0.1) is 0 Å². The lowest BCUT2D eigenvalue weighted by atomic mass is 10.00. The number of allylic oxidation sites excluding steroid dienone is 1. The molecule has 0 fully saturated rings. The highest BCUT2D eigenvalue weighted by molar-refractivity contribution is 7.13. The molecule has 2 aromatic carbocycles. The average molecular weight is 393 g/mol. The summed E-state index contributed by atoms with van der Waals surface area (Å²) >= 11 is 1.16. The Morgan fingerprint density at radius 1 is 1.11 bits per heavy atom. The Morgan fingerprint density at radius 2 is 1.79 bits per heavy atom. The van der Waals surface area contributed by atoms with Crippen LogP contribution in [0.3, 0.4) is 0 Å². The molecule has 6 nitrogen and oxygen atoms in total. The second kappa shape index (κ2) is 9.07. The van der Waals surface area contributed by atoms with Gasteiger partial charge in [0.2, 0.25) is 5.13 Å². The van der Waals surface area contributed by atoms with Gasteiger partial charge in [-0.2, -0.15) is 0 Å². The van der Waals surface area contributed by atoms with Gasteiger partial charge in [0.15, 0.2) is 5.69 Å². The third kappa shape index (κ3) is 4.91. The van der Waals surface area contributed by atoms with Crippen molar-refractivity contribution in [3.05, 3.63) is 87.9 Å². The number of aromatic nitrogens is 1. The van der Waals surface area contributed by atoms with Crippen LogP contribution >= 0.6 is 11.3 Å². The lowest BCUT2D eigenvalue weighted by Crippen LogP contribution is -2.05. The second-order valence-electron chi connectivity index (χ2n) is 6.03. The largest absolute Gasteiger partial charge is 0.476 e. The lowest BCUT2D eigenvalue weighted by Gasteiger charge is -2.09.